The monoisotopic (exact) mass is 437 g/mol. The molecule has 164 valence electrons. The van der Waals surface area contributed by atoms with Gasteiger partial charge in [0.1, 0.15) is 6.07 Å². The molecule has 0 atom stereocenters. The number of benzene rings is 1. The van der Waals surface area contributed by atoms with Crippen LogP contribution in [0.2, 0.25) is 0 Å². The van der Waals surface area contributed by atoms with Crippen LogP contribution in [-0.4, -0.2) is 59.7 Å². The van der Waals surface area contributed by atoms with Gasteiger partial charge in [-0.3, -0.25) is 4.79 Å². The Bertz CT molecular complexity index is 1300. The van der Waals surface area contributed by atoms with Gasteiger partial charge in [-0.25, -0.2) is 4.52 Å². The van der Waals surface area contributed by atoms with Crippen LogP contribution in [0.3, 0.4) is 0 Å². The van der Waals surface area contributed by atoms with E-state index in [0.29, 0.717) is 31.7 Å². The number of carbonyl (C=O) groups excluding carboxylic acids is 1. The van der Waals surface area contributed by atoms with Crippen LogP contribution in [-0.2, 0) is 4.79 Å². The molecular weight excluding hydrogens is 414 g/mol. The lowest BCUT2D eigenvalue weighted by atomic mass is 9.99. The molecule has 0 radical (unpaired) electrons. The summed E-state index contributed by atoms with van der Waals surface area (Å²) in [6, 6.07) is 14.9. The summed E-state index contributed by atoms with van der Waals surface area (Å²) < 4.78 is 1.76. The van der Waals surface area contributed by atoms with E-state index in [1.165, 1.54) is 6.08 Å². The lowest BCUT2D eigenvalue weighted by molar-refractivity contribution is -0.126. The topological polar surface area (TPSA) is 91.7 Å². The number of nitrogens with zero attached hydrogens (tertiary/aromatic N) is 7. The van der Waals surface area contributed by atoms with E-state index in [9.17, 15) is 10.1 Å². The van der Waals surface area contributed by atoms with Crippen LogP contribution in [0.5, 0.6) is 0 Å². The number of hydrogen-bond donors (Lipinski definition) is 0. The summed E-state index contributed by atoms with van der Waals surface area (Å²) in [7, 11) is 0. The van der Waals surface area contributed by atoms with E-state index in [2.05, 4.69) is 63.9 Å². The highest BCUT2D eigenvalue weighted by atomic mass is 16.2. The summed E-state index contributed by atoms with van der Waals surface area (Å²) in [4.78, 5) is 18.1. The fourth-order valence-corrected chi connectivity index (χ4v) is 4.52. The second-order valence-electron chi connectivity index (χ2n) is 8.37. The van der Waals surface area contributed by atoms with Crippen molar-refractivity contribution in [3.63, 3.8) is 0 Å². The Morgan fingerprint density at radius 1 is 1.06 bits per heavy atom. The zero-order chi connectivity index (χ0) is 22.9. The number of carbonyl (C=O) groups is 1. The van der Waals surface area contributed by atoms with Gasteiger partial charge in [-0.1, -0.05) is 18.7 Å². The highest BCUT2D eigenvalue weighted by Crippen LogP contribution is 2.34. The van der Waals surface area contributed by atoms with Crippen LogP contribution in [0.4, 0.5) is 11.4 Å². The van der Waals surface area contributed by atoms with E-state index in [4.69, 9.17) is 5.26 Å². The lowest BCUT2D eigenvalue weighted by Gasteiger charge is -2.37. The fourth-order valence-electron chi connectivity index (χ4n) is 4.52. The maximum absolute atomic E-state index is 11.8. The summed E-state index contributed by atoms with van der Waals surface area (Å²) in [5.74, 6) is 0.0317. The highest BCUT2D eigenvalue weighted by molar-refractivity contribution is 5.88. The second kappa shape index (κ2) is 8.33. The standard InChI is InChI=1S/C25H23N7O/c1-2-24(33)30-9-7-29(8-10-30)21-5-3-19(4-6-21)23-11-22(31-15-18(12-26)16-31)17-32-25(23)20(13-27)14-28-32/h2-6,11,14,17-18H,1,7-10,15-16H2. The minimum Gasteiger partial charge on any atom is -0.368 e. The Hall–Kier alpha value is -4.30. The Balaban J connectivity index is 1.43. The number of pyridine rings is 1. The first kappa shape index (κ1) is 20.6. The molecule has 0 spiro atoms. The Morgan fingerprint density at radius 3 is 2.42 bits per heavy atom. The minimum atomic E-state index is -0.0219. The van der Waals surface area contributed by atoms with E-state index >= 15 is 0 Å². The predicted octanol–water partition coefficient (Wildman–Crippen LogP) is 2.67. The summed E-state index contributed by atoms with van der Waals surface area (Å²) in [5, 5.41) is 23.1. The predicted molar refractivity (Wildman–Crippen MR) is 126 cm³/mol. The summed E-state index contributed by atoms with van der Waals surface area (Å²) in [6.07, 6.45) is 4.88. The first-order valence-electron chi connectivity index (χ1n) is 10.9. The summed E-state index contributed by atoms with van der Waals surface area (Å²) in [6.45, 7) is 7.87. The van der Waals surface area contributed by atoms with E-state index in [0.717, 1.165) is 41.1 Å². The van der Waals surface area contributed by atoms with Crippen LogP contribution >= 0.6 is 0 Å². The van der Waals surface area contributed by atoms with Gasteiger partial charge in [0, 0.05) is 50.5 Å². The lowest BCUT2D eigenvalue weighted by Crippen LogP contribution is -2.48. The molecule has 2 aliphatic heterocycles. The van der Waals surface area contributed by atoms with Crippen molar-refractivity contribution in [2.24, 2.45) is 5.92 Å². The molecular formula is C25H23N7O. The number of hydrogen-bond acceptors (Lipinski definition) is 6. The average Bonchev–Trinajstić information content (AvgIpc) is 3.26. The van der Waals surface area contributed by atoms with Crippen molar-refractivity contribution in [3.05, 3.63) is 60.9 Å². The Labute approximate surface area is 192 Å². The van der Waals surface area contributed by atoms with Gasteiger partial charge >= 0.3 is 0 Å². The summed E-state index contributed by atoms with van der Waals surface area (Å²) >= 11 is 0. The third-order valence-corrected chi connectivity index (χ3v) is 6.46. The first-order valence-corrected chi connectivity index (χ1v) is 10.9. The van der Waals surface area contributed by atoms with Crippen LogP contribution < -0.4 is 9.80 Å². The zero-order valence-electron chi connectivity index (χ0n) is 18.2. The molecule has 8 heteroatoms. The van der Waals surface area contributed by atoms with Gasteiger partial charge in [-0.15, -0.1) is 0 Å². The van der Waals surface area contributed by atoms with Crippen molar-refractivity contribution in [2.45, 2.75) is 0 Å². The van der Waals surface area contributed by atoms with Gasteiger partial charge in [-0.2, -0.15) is 15.6 Å². The van der Waals surface area contributed by atoms with Crippen LogP contribution in [0.25, 0.3) is 16.6 Å². The molecule has 1 amide bonds. The van der Waals surface area contributed by atoms with Crippen LogP contribution in [0, 0.1) is 28.6 Å². The molecule has 8 nitrogen and oxygen atoms in total. The first-order chi connectivity index (χ1) is 16.1. The van der Waals surface area contributed by atoms with Gasteiger partial charge in [0.15, 0.2) is 0 Å². The van der Waals surface area contributed by atoms with Crippen molar-refractivity contribution in [1.82, 2.24) is 14.5 Å². The van der Waals surface area contributed by atoms with Gasteiger partial charge in [0.05, 0.1) is 41.1 Å². The molecule has 0 bridgehead atoms. The third kappa shape index (κ3) is 3.66. The van der Waals surface area contributed by atoms with Crippen LogP contribution in [0.15, 0.2) is 55.4 Å². The van der Waals surface area contributed by atoms with E-state index in [-0.39, 0.29) is 11.8 Å². The minimum absolute atomic E-state index is 0.0219. The molecule has 4 heterocycles. The molecule has 2 saturated heterocycles. The number of rotatable bonds is 4. The van der Waals surface area contributed by atoms with Gasteiger partial charge in [-0.05, 0) is 29.8 Å². The van der Waals surface area contributed by atoms with E-state index in [1.54, 1.807) is 10.7 Å². The van der Waals surface area contributed by atoms with Crippen molar-refractivity contribution >= 4 is 22.8 Å². The van der Waals surface area contributed by atoms with Crippen molar-refractivity contribution in [1.29, 1.82) is 10.5 Å². The maximum Gasteiger partial charge on any atom is 0.246 e. The highest BCUT2D eigenvalue weighted by Gasteiger charge is 2.28. The number of fused-ring (bicyclic) bond motifs is 1. The molecule has 2 aromatic heterocycles. The maximum atomic E-state index is 11.8. The molecule has 1 aromatic carbocycles. The number of anilines is 2. The number of nitriles is 2. The van der Waals surface area contributed by atoms with Crippen molar-refractivity contribution < 1.29 is 4.79 Å². The quantitative estimate of drug-likeness (QED) is 0.583. The fraction of sp³-hybridized carbons (Fsp3) is 0.280. The SMILES string of the molecule is C=CC(=O)N1CCN(c2ccc(-c3cc(N4CC(C#N)C4)cn4ncc(C#N)c34)cc2)CC1. The molecule has 0 N–H and O–H groups in total. The Morgan fingerprint density at radius 2 is 1.79 bits per heavy atom. The average molecular weight is 438 g/mol. The largest absolute Gasteiger partial charge is 0.368 e. The zero-order valence-corrected chi connectivity index (χ0v) is 18.2. The normalized spacial score (nSPS) is 16.2. The number of piperazine rings is 1. The van der Waals surface area contributed by atoms with Gasteiger partial charge in [0.2, 0.25) is 5.91 Å². The molecule has 2 aliphatic rings. The molecule has 0 unspecified atom stereocenters. The number of amides is 1. The molecule has 3 aromatic rings. The molecule has 33 heavy (non-hydrogen) atoms. The Kier molecular flexibility index (Phi) is 5.20. The second-order valence-corrected chi connectivity index (χ2v) is 8.37. The molecule has 0 saturated carbocycles. The van der Waals surface area contributed by atoms with Crippen LogP contribution in [0.1, 0.15) is 5.56 Å². The van der Waals surface area contributed by atoms with Gasteiger partial charge < -0.3 is 14.7 Å². The molecule has 2 fully saturated rings. The van der Waals surface area contributed by atoms with Crippen molar-refractivity contribution in [2.75, 3.05) is 49.1 Å². The molecule has 0 aliphatic carbocycles. The van der Waals surface area contributed by atoms with Crippen molar-refractivity contribution in [3.8, 4) is 23.3 Å². The molecule has 5 rings (SSSR count). The van der Waals surface area contributed by atoms with E-state index < -0.39 is 0 Å². The third-order valence-electron chi connectivity index (χ3n) is 6.46. The number of aromatic nitrogens is 2. The van der Waals surface area contributed by atoms with E-state index in [1.807, 2.05) is 11.1 Å². The van der Waals surface area contributed by atoms with Gasteiger partial charge in [0.25, 0.3) is 0 Å². The smallest absolute Gasteiger partial charge is 0.246 e. The summed E-state index contributed by atoms with van der Waals surface area (Å²) in [5.41, 5.74) is 5.34.